The molecule has 0 bridgehead atoms. The van der Waals surface area contributed by atoms with Crippen LogP contribution in [0.25, 0.3) is 0 Å². The quantitative estimate of drug-likeness (QED) is 0.527. The van der Waals surface area contributed by atoms with Gasteiger partial charge in [0.05, 0.1) is 18.6 Å². The Morgan fingerprint density at radius 1 is 1.00 bits per heavy atom. The molecule has 0 aromatic heterocycles. The van der Waals surface area contributed by atoms with Crippen LogP contribution in [0.4, 0.5) is 0 Å². The van der Waals surface area contributed by atoms with Crippen LogP contribution >= 0.6 is 0 Å². The highest BCUT2D eigenvalue weighted by molar-refractivity contribution is 5.93. The van der Waals surface area contributed by atoms with Gasteiger partial charge in [0.1, 0.15) is 18.0 Å². The summed E-state index contributed by atoms with van der Waals surface area (Å²) in [7, 11) is 0. The topological polar surface area (TPSA) is 88.1 Å². The number of rotatable bonds is 5. The maximum Gasteiger partial charge on any atom is 0.338 e. The van der Waals surface area contributed by atoms with Crippen molar-refractivity contribution in [1.82, 2.24) is 0 Å². The normalized spacial score (nSPS) is 28.5. The van der Waals surface area contributed by atoms with E-state index in [2.05, 4.69) is 0 Å². The van der Waals surface area contributed by atoms with E-state index in [4.69, 9.17) is 18.9 Å². The fourth-order valence-corrected chi connectivity index (χ4v) is 4.55. The number of ether oxygens (including phenoxy) is 4. The first kappa shape index (κ1) is 20.5. The first-order valence-corrected chi connectivity index (χ1v) is 10.6. The Balaban J connectivity index is 1.30. The summed E-state index contributed by atoms with van der Waals surface area (Å²) in [5, 5.41) is 0. The Bertz CT molecular complexity index is 1060. The van der Waals surface area contributed by atoms with E-state index >= 15 is 0 Å². The lowest BCUT2D eigenvalue weighted by atomic mass is 9.91. The van der Waals surface area contributed by atoms with Crippen LogP contribution in [-0.2, 0) is 30.4 Å². The number of carbonyl (C=O) groups excluding carboxylic acids is 3. The standard InChI is InChI=1S/C25H22O7/c26-19(25-29-14-16-8-4-5-9-20(16)32-25)11-10-17-18-12-23(27)30-22(18)13-21(17)31-24(28)15-6-2-1-3-7-15/h1-11,17-18,21-22,25H,12-14H2/b11-10+/t17-,18-,21-,22+,25-/m1/s1. The Hall–Kier alpha value is -3.45. The largest absolute Gasteiger partial charge is 0.462 e. The van der Waals surface area contributed by atoms with Gasteiger partial charge in [0.25, 0.3) is 6.29 Å². The summed E-state index contributed by atoms with van der Waals surface area (Å²) in [6.07, 6.45) is 1.88. The molecular formula is C25H22O7. The molecule has 2 heterocycles. The molecule has 0 radical (unpaired) electrons. The van der Waals surface area contributed by atoms with Crippen molar-refractivity contribution in [2.75, 3.05) is 0 Å². The third-order valence-electron chi connectivity index (χ3n) is 6.13. The van der Waals surface area contributed by atoms with Crippen LogP contribution in [0.15, 0.2) is 66.7 Å². The lowest BCUT2D eigenvalue weighted by Gasteiger charge is -2.24. The maximum absolute atomic E-state index is 12.7. The summed E-state index contributed by atoms with van der Waals surface area (Å²) in [6.45, 7) is 0.286. The van der Waals surface area contributed by atoms with Gasteiger partial charge in [0.2, 0.25) is 5.78 Å². The zero-order valence-corrected chi connectivity index (χ0v) is 17.2. The number of esters is 2. The zero-order chi connectivity index (χ0) is 22.1. The predicted octanol–water partition coefficient (Wildman–Crippen LogP) is 3.22. The van der Waals surface area contributed by atoms with Gasteiger partial charge in [-0.1, -0.05) is 42.5 Å². The molecule has 2 aromatic rings. The minimum Gasteiger partial charge on any atom is -0.462 e. The van der Waals surface area contributed by atoms with Crippen molar-refractivity contribution in [3.63, 3.8) is 0 Å². The highest BCUT2D eigenvalue weighted by atomic mass is 16.7. The second kappa shape index (κ2) is 8.59. The van der Waals surface area contributed by atoms with Crippen molar-refractivity contribution in [2.45, 2.75) is 37.9 Å². The SMILES string of the molecule is O=C1C[C@@H]2[C@@H](/C=C/C(=O)[C@@H]3OCc4ccccc4O3)[C@H](OC(=O)c3ccccc3)C[C@@H]2O1. The summed E-state index contributed by atoms with van der Waals surface area (Å²) in [5.74, 6) is -0.902. The Labute approximate surface area is 184 Å². The summed E-state index contributed by atoms with van der Waals surface area (Å²) in [4.78, 5) is 37.1. The molecule has 1 saturated heterocycles. The maximum atomic E-state index is 12.7. The molecule has 3 aliphatic rings. The van der Waals surface area contributed by atoms with Gasteiger partial charge >= 0.3 is 11.9 Å². The van der Waals surface area contributed by atoms with Crippen molar-refractivity contribution < 1.29 is 33.3 Å². The van der Waals surface area contributed by atoms with E-state index in [-0.39, 0.29) is 42.7 Å². The van der Waals surface area contributed by atoms with Gasteiger partial charge in [-0.05, 0) is 24.3 Å². The number of para-hydroxylation sites is 1. The lowest BCUT2D eigenvalue weighted by molar-refractivity contribution is -0.152. The van der Waals surface area contributed by atoms with Crippen molar-refractivity contribution in [1.29, 1.82) is 0 Å². The fourth-order valence-electron chi connectivity index (χ4n) is 4.55. The second-order valence-electron chi connectivity index (χ2n) is 8.15. The van der Waals surface area contributed by atoms with Crippen molar-refractivity contribution >= 4 is 17.7 Å². The first-order chi connectivity index (χ1) is 15.6. The van der Waals surface area contributed by atoms with Crippen LogP contribution in [0.1, 0.15) is 28.8 Å². The van der Waals surface area contributed by atoms with E-state index in [0.717, 1.165) is 5.56 Å². The lowest BCUT2D eigenvalue weighted by Crippen LogP contribution is -2.33. The van der Waals surface area contributed by atoms with E-state index in [1.165, 1.54) is 6.08 Å². The Kier molecular flexibility index (Phi) is 5.49. The van der Waals surface area contributed by atoms with Crippen molar-refractivity contribution in [3.8, 4) is 5.75 Å². The molecule has 0 amide bonds. The zero-order valence-electron chi connectivity index (χ0n) is 17.2. The average Bonchev–Trinajstić information content (AvgIpc) is 3.33. The third kappa shape index (κ3) is 4.03. The molecule has 0 spiro atoms. The summed E-state index contributed by atoms with van der Waals surface area (Å²) >= 11 is 0. The van der Waals surface area contributed by atoms with E-state index in [0.29, 0.717) is 17.7 Å². The first-order valence-electron chi connectivity index (χ1n) is 10.6. The molecule has 1 aliphatic carbocycles. The minimum absolute atomic E-state index is 0.144. The smallest absolute Gasteiger partial charge is 0.338 e. The second-order valence-corrected chi connectivity index (χ2v) is 8.15. The van der Waals surface area contributed by atoms with E-state index in [9.17, 15) is 14.4 Å². The van der Waals surface area contributed by atoms with Crippen molar-refractivity contribution in [2.24, 2.45) is 11.8 Å². The van der Waals surface area contributed by atoms with Crippen LogP contribution in [0.3, 0.4) is 0 Å². The molecule has 2 fully saturated rings. The van der Waals surface area contributed by atoms with E-state index in [1.54, 1.807) is 36.4 Å². The molecule has 0 unspecified atom stereocenters. The van der Waals surface area contributed by atoms with Gasteiger partial charge in [0.15, 0.2) is 0 Å². The predicted molar refractivity (Wildman–Crippen MR) is 112 cm³/mol. The molecule has 5 rings (SSSR count). The molecule has 2 aromatic carbocycles. The molecule has 1 saturated carbocycles. The van der Waals surface area contributed by atoms with Crippen molar-refractivity contribution in [3.05, 3.63) is 77.9 Å². The minimum atomic E-state index is -1.04. The molecule has 164 valence electrons. The number of ketones is 1. The highest BCUT2D eigenvalue weighted by Gasteiger charge is 2.50. The molecule has 7 heteroatoms. The third-order valence-corrected chi connectivity index (χ3v) is 6.13. The van der Waals surface area contributed by atoms with Gasteiger partial charge in [0, 0.05) is 23.8 Å². The average molecular weight is 434 g/mol. The van der Waals surface area contributed by atoms with Gasteiger partial charge in [-0.25, -0.2) is 4.79 Å². The Morgan fingerprint density at radius 2 is 1.78 bits per heavy atom. The summed E-state index contributed by atoms with van der Waals surface area (Å²) < 4.78 is 22.4. The summed E-state index contributed by atoms with van der Waals surface area (Å²) in [5.41, 5.74) is 1.33. The number of benzene rings is 2. The van der Waals surface area contributed by atoms with Gasteiger partial charge in [-0.15, -0.1) is 0 Å². The molecule has 32 heavy (non-hydrogen) atoms. The number of fused-ring (bicyclic) bond motifs is 2. The number of carbonyl (C=O) groups is 3. The van der Waals surface area contributed by atoms with Gasteiger partial charge in [-0.3, -0.25) is 9.59 Å². The Morgan fingerprint density at radius 3 is 2.62 bits per heavy atom. The van der Waals surface area contributed by atoms with E-state index < -0.39 is 18.4 Å². The monoisotopic (exact) mass is 434 g/mol. The van der Waals surface area contributed by atoms with Crippen LogP contribution in [0, 0.1) is 11.8 Å². The van der Waals surface area contributed by atoms with Crippen LogP contribution < -0.4 is 4.74 Å². The molecular weight excluding hydrogens is 412 g/mol. The molecule has 2 aliphatic heterocycles. The molecule has 0 N–H and O–H groups in total. The van der Waals surface area contributed by atoms with E-state index in [1.807, 2.05) is 24.3 Å². The van der Waals surface area contributed by atoms with Crippen LogP contribution in [-0.4, -0.2) is 36.2 Å². The fraction of sp³-hybridized carbons (Fsp3) is 0.320. The number of hydrogen-bond donors (Lipinski definition) is 0. The number of hydrogen-bond acceptors (Lipinski definition) is 7. The van der Waals surface area contributed by atoms with Crippen LogP contribution in [0.2, 0.25) is 0 Å². The molecule has 5 atom stereocenters. The van der Waals surface area contributed by atoms with Gasteiger partial charge < -0.3 is 18.9 Å². The summed E-state index contributed by atoms with van der Waals surface area (Å²) in [6, 6.07) is 16.1. The molecule has 7 nitrogen and oxygen atoms in total. The highest BCUT2D eigenvalue weighted by Crippen LogP contribution is 2.43. The van der Waals surface area contributed by atoms with Crippen LogP contribution in [0.5, 0.6) is 5.75 Å². The van der Waals surface area contributed by atoms with Gasteiger partial charge in [-0.2, -0.15) is 0 Å².